The highest BCUT2D eigenvalue weighted by Gasteiger charge is 2.24. The van der Waals surface area contributed by atoms with Crippen molar-refractivity contribution in [3.8, 4) is 0 Å². The summed E-state index contributed by atoms with van der Waals surface area (Å²) >= 11 is 0. The van der Waals surface area contributed by atoms with Crippen molar-refractivity contribution in [3.63, 3.8) is 0 Å². The second kappa shape index (κ2) is 8.16. The highest BCUT2D eigenvalue weighted by atomic mass is 16.2. The molecule has 2 amide bonds. The highest BCUT2D eigenvalue weighted by molar-refractivity contribution is 5.93. The van der Waals surface area contributed by atoms with E-state index in [1.165, 1.54) is 11.9 Å². The molecule has 7 heteroatoms. The Morgan fingerprint density at radius 1 is 1.04 bits per heavy atom. The van der Waals surface area contributed by atoms with Gasteiger partial charge in [0.15, 0.2) is 0 Å². The van der Waals surface area contributed by atoms with Gasteiger partial charge in [0.25, 0.3) is 5.91 Å². The molecule has 0 atom stereocenters. The zero-order chi connectivity index (χ0) is 19.4. The quantitative estimate of drug-likeness (QED) is 0.899. The Kier molecular flexibility index (Phi) is 5.69. The summed E-state index contributed by atoms with van der Waals surface area (Å²) in [7, 11) is 0. The van der Waals surface area contributed by atoms with Crippen LogP contribution in [0.4, 0.5) is 11.5 Å². The fraction of sp³-hybridized carbons (Fsp3) is 0.400. The van der Waals surface area contributed by atoms with E-state index >= 15 is 0 Å². The molecule has 27 heavy (non-hydrogen) atoms. The van der Waals surface area contributed by atoms with Gasteiger partial charge >= 0.3 is 0 Å². The molecule has 0 unspecified atom stereocenters. The van der Waals surface area contributed by atoms with Crippen molar-refractivity contribution >= 4 is 23.3 Å². The van der Waals surface area contributed by atoms with E-state index in [1.807, 2.05) is 18.2 Å². The Labute approximate surface area is 159 Å². The van der Waals surface area contributed by atoms with E-state index in [0.717, 1.165) is 5.69 Å². The van der Waals surface area contributed by atoms with Gasteiger partial charge in [-0.05, 0) is 17.5 Å². The number of rotatable bonds is 4. The third-order valence-corrected chi connectivity index (χ3v) is 4.74. The molecule has 1 aromatic carbocycles. The number of hydrogen-bond acceptors (Lipinski definition) is 5. The van der Waals surface area contributed by atoms with Gasteiger partial charge in [0.1, 0.15) is 17.8 Å². The molecule has 7 nitrogen and oxygen atoms in total. The fourth-order valence-electron chi connectivity index (χ4n) is 3.18. The lowest BCUT2D eigenvalue weighted by molar-refractivity contribution is -0.130. The monoisotopic (exact) mass is 367 g/mol. The molecule has 1 saturated heterocycles. The first-order valence-electron chi connectivity index (χ1n) is 9.18. The van der Waals surface area contributed by atoms with Crippen LogP contribution in [0.5, 0.6) is 0 Å². The first-order valence-corrected chi connectivity index (χ1v) is 9.18. The number of benzene rings is 1. The van der Waals surface area contributed by atoms with Crippen molar-refractivity contribution in [3.05, 3.63) is 47.9 Å². The number of hydrogen-bond donors (Lipinski definition) is 1. The largest absolute Gasteiger partial charge is 0.340 e. The topological polar surface area (TPSA) is 78.4 Å². The van der Waals surface area contributed by atoms with Gasteiger partial charge in [-0.15, -0.1) is 0 Å². The van der Waals surface area contributed by atoms with Gasteiger partial charge in [-0.2, -0.15) is 0 Å². The number of para-hydroxylation sites is 1. The van der Waals surface area contributed by atoms with Gasteiger partial charge in [-0.3, -0.25) is 9.59 Å². The van der Waals surface area contributed by atoms with Crippen LogP contribution in [0, 0.1) is 0 Å². The first-order chi connectivity index (χ1) is 13.0. The van der Waals surface area contributed by atoms with E-state index in [1.54, 1.807) is 22.8 Å². The molecule has 2 heterocycles. The van der Waals surface area contributed by atoms with Gasteiger partial charge in [-0.25, -0.2) is 9.97 Å². The lowest BCUT2D eigenvalue weighted by Gasteiger charge is -2.34. The van der Waals surface area contributed by atoms with E-state index in [4.69, 9.17) is 0 Å². The number of amides is 2. The Hall–Kier alpha value is -2.96. The molecule has 2 aromatic rings. The molecule has 1 N–H and O–H groups in total. The lowest BCUT2D eigenvalue weighted by atomic mass is 10.0. The minimum Gasteiger partial charge on any atom is -0.340 e. The van der Waals surface area contributed by atoms with E-state index in [2.05, 4.69) is 35.2 Å². The summed E-state index contributed by atoms with van der Waals surface area (Å²) < 4.78 is 0. The third-order valence-electron chi connectivity index (χ3n) is 4.74. The van der Waals surface area contributed by atoms with Gasteiger partial charge < -0.3 is 15.1 Å². The molecule has 0 aliphatic carbocycles. The number of carbonyl (C=O) groups excluding carboxylic acids is 2. The first kappa shape index (κ1) is 18.8. The fourth-order valence-corrected chi connectivity index (χ4v) is 3.18. The van der Waals surface area contributed by atoms with Crippen molar-refractivity contribution in [1.82, 2.24) is 19.8 Å². The maximum absolute atomic E-state index is 12.8. The average Bonchev–Trinajstić information content (AvgIpc) is 2.68. The van der Waals surface area contributed by atoms with E-state index in [9.17, 15) is 9.59 Å². The Balaban J connectivity index is 1.73. The van der Waals surface area contributed by atoms with E-state index in [-0.39, 0.29) is 11.8 Å². The summed E-state index contributed by atoms with van der Waals surface area (Å²) in [6.45, 7) is 7.96. The number of anilines is 2. The second-order valence-corrected chi connectivity index (χ2v) is 6.95. The Morgan fingerprint density at radius 3 is 2.37 bits per heavy atom. The summed E-state index contributed by atoms with van der Waals surface area (Å²) in [5.74, 6) is 0.860. The van der Waals surface area contributed by atoms with Gasteiger partial charge in [-0.1, -0.05) is 32.0 Å². The zero-order valence-corrected chi connectivity index (χ0v) is 16.0. The van der Waals surface area contributed by atoms with Crippen molar-refractivity contribution in [2.45, 2.75) is 26.7 Å². The summed E-state index contributed by atoms with van der Waals surface area (Å²) in [6, 6.07) is 9.73. The summed E-state index contributed by atoms with van der Waals surface area (Å²) in [5, 5.41) is 3.30. The Bertz CT molecular complexity index is 829. The standard InChI is InChI=1S/C20H25N5O2/c1-14(2)16-6-4-5-7-17(16)23-19-12-18(21-13-22-19)20(27)25-10-8-24(9-11-25)15(3)26/h4-7,12-14H,8-11H2,1-3H3,(H,21,22,23). The lowest BCUT2D eigenvalue weighted by Crippen LogP contribution is -2.50. The molecule has 1 fully saturated rings. The molecule has 3 rings (SSSR count). The molecular formula is C20H25N5O2. The van der Waals surface area contributed by atoms with Crippen LogP contribution in [0.2, 0.25) is 0 Å². The maximum atomic E-state index is 12.8. The number of carbonyl (C=O) groups is 2. The number of nitrogens with one attached hydrogen (secondary N) is 1. The number of nitrogens with zero attached hydrogens (tertiary/aromatic N) is 4. The normalized spacial score (nSPS) is 14.4. The van der Waals surface area contributed by atoms with Gasteiger partial charge in [0.2, 0.25) is 5.91 Å². The van der Waals surface area contributed by atoms with Crippen LogP contribution in [0.3, 0.4) is 0 Å². The van der Waals surface area contributed by atoms with Crippen LogP contribution in [0.25, 0.3) is 0 Å². The number of aromatic nitrogens is 2. The molecule has 1 aliphatic rings. The van der Waals surface area contributed by atoms with E-state index < -0.39 is 0 Å². The minimum absolute atomic E-state index is 0.0411. The molecule has 142 valence electrons. The Morgan fingerprint density at radius 2 is 1.70 bits per heavy atom. The van der Waals surface area contributed by atoms with Crippen LogP contribution in [-0.2, 0) is 4.79 Å². The predicted molar refractivity (Wildman–Crippen MR) is 104 cm³/mol. The van der Waals surface area contributed by atoms with Crippen LogP contribution in [-0.4, -0.2) is 57.8 Å². The predicted octanol–water partition coefficient (Wildman–Crippen LogP) is 2.65. The minimum atomic E-state index is -0.138. The third kappa shape index (κ3) is 4.42. The van der Waals surface area contributed by atoms with Crippen molar-refractivity contribution in [2.75, 3.05) is 31.5 Å². The second-order valence-electron chi connectivity index (χ2n) is 6.95. The molecule has 1 aromatic heterocycles. The smallest absolute Gasteiger partial charge is 0.272 e. The summed E-state index contributed by atoms with van der Waals surface area (Å²) in [4.78, 5) is 36.1. The molecule has 0 bridgehead atoms. The van der Waals surface area contributed by atoms with Crippen LogP contribution < -0.4 is 5.32 Å². The molecule has 0 spiro atoms. The zero-order valence-electron chi connectivity index (χ0n) is 16.0. The highest BCUT2D eigenvalue weighted by Crippen LogP contribution is 2.26. The van der Waals surface area contributed by atoms with Crippen molar-refractivity contribution < 1.29 is 9.59 Å². The number of piperazine rings is 1. The van der Waals surface area contributed by atoms with Crippen molar-refractivity contribution in [1.29, 1.82) is 0 Å². The van der Waals surface area contributed by atoms with Crippen LogP contribution in [0.15, 0.2) is 36.7 Å². The van der Waals surface area contributed by atoms with Gasteiger partial charge in [0.05, 0.1) is 0 Å². The van der Waals surface area contributed by atoms with E-state index in [0.29, 0.717) is 43.6 Å². The summed E-state index contributed by atoms with van der Waals surface area (Å²) in [6.07, 6.45) is 1.40. The molecular weight excluding hydrogens is 342 g/mol. The average molecular weight is 367 g/mol. The van der Waals surface area contributed by atoms with Crippen molar-refractivity contribution in [2.24, 2.45) is 0 Å². The maximum Gasteiger partial charge on any atom is 0.272 e. The molecule has 0 saturated carbocycles. The summed E-state index contributed by atoms with van der Waals surface area (Å²) in [5.41, 5.74) is 2.51. The SMILES string of the molecule is CC(=O)N1CCN(C(=O)c2cc(Nc3ccccc3C(C)C)ncn2)CC1. The van der Waals surface area contributed by atoms with Gasteiger partial charge in [0, 0.05) is 44.9 Å². The molecule has 0 radical (unpaired) electrons. The van der Waals surface area contributed by atoms with Crippen LogP contribution >= 0.6 is 0 Å². The molecule has 1 aliphatic heterocycles. The van der Waals surface area contributed by atoms with Crippen LogP contribution in [0.1, 0.15) is 42.7 Å².